The van der Waals surface area contributed by atoms with Crippen molar-refractivity contribution in [1.82, 2.24) is 4.98 Å². The fourth-order valence-electron chi connectivity index (χ4n) is 3.86. The average molecular weight is 477 g/mol. The van der Waals surface area contributed by atoms with E-state index in [0.717, 1.165) is 29.9 Å². The Hall–Kier alpha value is -3.78. The molecular weight excluding hydrogens is 444 g/mol. The van der Waals surface area contributed by atoms with Crippen LogP contribution in [0.4, 0.5) is 11.5 Å². The first-order valence-corrected chi connectivity index (χ1v) is 11.7. The van der Waals surface area contributed by atoms with Crippen molar-refractivity contribution in [1.29, 1.82) is 0 Å². The first-order chi connectivity index (χ1) is 17.1. The number of hydrogen-bond acceptors (Lipinski definition) is 8. The van der Waals surface area contributed by atoms with Crippen LogP contribution < -0.4 is 24.5 Å². The number of anilines is 2. The van der Waals surface area contributed by atoms with Crippen molar-refractivity contribution < 1.29 is 18.9 Å². The van der Waals surface area contributed by atoms with Gasteiger partial charge < -0.3 is 23.8 Å². The molecule has 1 aliphatic heterocycles. The summed E-state index contributed by atoms with van der Waals surface area (Å²) in [5.74, 6) is 2.58. The van der Waals surface area contributed by atoms with Crippen LogP contribution in [-0.4, -0.2) is 58.3 Å². The Kier molecular flexibility index (Phi) is 8.40. The summed E-state index contributed by atoms with van der Waals surface area (Å²) >= 11 is 0. The van der Waals surface area contributed by atoms with E-state index < -0.39 is 0 Å². The number of ether oxygens (including phenoxy) is 4. The van der Waals surface area contributed by atoms with Gasteiger partial charge in [0, 0.05) is 37.3 Å². The van der Waals surface area contributed by atoms with Crippen LogP contribution in [0.3, 0.4) is 0 Å². The highest BCUT2D eigenvalue weighted by molar-refractivity contribution is 5.80. The summed E-state index contributed by atoms with van der Waals surface area (Å²) in [5.41, 5.74) is 7.38. The van der Waals surface area contributed by atoms with Crippen LogP contribution >= 0.6 is 0 Å². The summed E-state index contributed by atoms with van der Waals surface area (Å²) in [7, 11) is 3.26. The zero-order valence-corrected chi connectivity index (χ0v) is 20.5. The van der Waals surface area contributed by atoms with Gasteiger partial charge in [0.1, 0.15) is 0 Å². The highest BCUT2D eigenvalue weighted by Gasteiger charge is 2.14. The number of benzene rings is 2. The topological polar surface area (TPSA) is 77.4 Å². The van der Waals surface area contributed by atoms with E-state index >= 15 is 0 Å². The van der Waals surface area contributed by atoms with E-state index in [-0.39, 0.29) is 0 Å². The molecule has 0 saturated carbocycles. The molecule has 1 aliphatic rings. The van der Waals surface area contributed by atoms with Gasteiger partial charge in [-0.15, -0.1) is 0 Å². The molecule has 8 nitrogen and oxygen atoms in total. The van der Waals surface area contributed by atoms with E-state index in [0.29, 0.717) is 49.4 Å². The first-order valence-electron chi connectivity index (χ1n) is 11.7. The van der Waals surface area contributed by atoms with Gasteiger partial charge in [0.25, 0.3) is 0 Å². The molecule has 4 rings (SSSR count). The molecule has 1 N–H and O–H groups in total. The molecule has 0 bridgehead atoms. The molecular formula is C27H32N4O4. The quantitative estimate of drug-likeness (QED) is 0.345. The molecule has 2 aromatic carbocycles. The monoisotopic (exact) mass is 476 g/mol. The maximum Gasteiger partial charge on any atom is 0.217 e. The standard InChI is InChI=1S/C27H32N4O4/c1-20-5-4-6-22(15-20)19-28-30-26-17-23(31-10-13-34-14-11-31)18-27(29-26)35-12-9-21-7-8-24(32-2)25(16-21)33-3/h4-8,15-19H,9-14H2,1-3H3,(H,29,30)/b28-19+. The van der Waals surface area contributed by atoms with Gasteiger partial charge in [0.05, 0.1) is 40.3 Å². The lowest BCUT2D eigenvalue weighted by Gasteiger charge is -2.29. The van der Waals surface area contributed by atoms with Crippen molar-refractivity contribution >= 4 is 17.7 Å². The molecule has 0 spiro atoms. The summed E-state index contributed by atoms with van der Waals surface area (Å²) in [4.78, 5) is 6.89. The number of hydrogen-bond donors (Lipinski definition) is 1. The predicted octanol–water partition coefficient (Wildman–Crippen LogP) is 4.31. The molecule has 184 valence electrons. The number of pyridine rings is 1. The highest BCUT2D eigenvalue weighted by atomic mass is 16.5. The molecule has 35 heavy (non-hydrogen) atoms. The predicted molar refractivity (Wildman–Crippen MR) is 138 cm³/mol. The highest BCUT2D eigenvalue weighted by Crippen LogP contribution is 2.28. The van der Waals surface area contributed by atoms with Crippen LogP contribution in [0.2, 0.25) is 0 Å². The molecule has 1 fully saturated rings. The Bertz CT molecular complexity index is 1150. The molecule has 2 heterocycles. The summed E-state index contributed by atoms with van der Waals surface area (Å²) in [5, 5.41) is 4.38. The van der Waals surface area contributed by atoms with Crippen LogP contribution in [0, 0.1) is 6.92 Å². The first kappa shape index (κ1) is 24.3. The zero-order chi connectivity index (χ0) is 24.5. The van der Waals surface area contributed by atoms with Crippen molar-refractivity contribution in [2.45, 2.75) is 13.3 Å². The Balaban J connectivity index is 1.46. The Morgan fingerprint density at radius 2 is 1.86 bits per heavy atom. The fourth-order valence-corrected chi connectivity index (χ4v) is 3.86. The Morgan fingerprint density at radius 1 is 1.03 bits per heavy atom. The fraction of sp³-hybridized carbons (Fsp3) is 0.333. The van der Waals surface area contributed by atoms with Gasteiger partial charge in [0.2, 0.25) is 5.88 Å². The van der Waals surface area contributed by atoms with Gasteiger partial charge in [-0.3, -0.25) is 5.43 Å². The number of aromatic nitrogens is 1. The third-order valence-corrected chi connectivity index (χ3v) is 5.69. The molecule has 0 unspecified atom stereocenters. The molecule has 0 amide bonds. The number of rotatable bonds is 10. The second-order valence-electron chi connectivity index (χ2n) is 8.22. The van der Waals surface area contributed by atoms with Crippen molar-refractivity contribution in [3.8, 4) is 17.4 Å². The summed E-state index contributed by atoms with van der Waals surface area (Å²) in [6.07, 6.45) is 2.49. The molecule has 0 aliphatic carbocycles. The van der Waals surface area contributed by atoms with Gasteiger partial charge in [-0.25, -0.2) is 0 Å². The molecule has 3 aromatic rings. The van der Waals surface area contributed by atoms with E-state index in [4.69, 9.17) is 18.9 Å². The van der Waals surface area contributed by atoms with E-state index in [9.17, 15) is 0 Å². The minimum Gasteiger partial charge on any atom is -0.493 e. The third kappa shape index (κ3) is 6.86. The molecule has 0 atom stereocenters. The number of hydrazone groups is 1. The molecule has 0 radical (unpaired) electrons. The maximum atomic E-state index is 6.06. The van der Waals surface area contributed by atoms with E-state index in [1.165, 1.54) is 5.56 Å². The van der Waals surface area contributed by atoms with Crippen molar-refractivity contribution in [2.75, 3.05) is 57.5 Å². The smallest absolute Gasteiger partial charge is 0.217 e. The maximum absolute atomic E-state index is 6.06. The summed E-state index contributed by atoms with van der Waals surface area (Å²) in [6, 6.07) is 18.0. The second-order valence-corrected chi connectivity index (χ2v) is 8.22. The lowest BCUT2D eigenvalue weighted by molar-refractivity contribution is 0.122. The lowest BCUT2D eigenvalue weighted by atomic mass is 10.1. The van der Waals surface area contributed by atoms with Gasteiger partial charge >= 0.3 is 0 Å². The number of morpholine rings is 1. The van der Waals surface area contributed by atoms with Gasteiger partial charge in [-0.1, -0.05) is 35.9 Å². The van der Waals surface area contributed by atoms with Gasteiger partial charge in [0.15, 0.2) is 17.3 Å². The SMILES string of the molecule is COc1ccc(CCOc2cc(N3CCOCC3)cc(N/N=C/c3cccc(C)c3)n2)cc1OC. The zero-order valence-electron chi connectivity index (χ0n) is 20.5. The molecule has 1 aromatic heterocycles. The van der Waals surface area contributed by atoms with Crippen LogP contribution in [0.1, 0.15) is 16.7 Å². The van der Waals surface area contributed by atoms with Crippen molar-refractivity contribution in [3.63, 3.8) is 0 Å². The van der Waals surface area contributed by atoms with Gasteiger partial charge in [-0.05, 0) is 30.2 Å². The Morgan fingerprint density at radius 3 is 2.63 bits per heavy atom. The second kappa shape index (κ2) is 12.1. The molecule has 1 saturated heterocycles. The van der Waals surface area contributed by atoms with Crippen LogP contribution in [0.25, 0.3) is 0 Å². The molecule has 8 heteroatoms. The Labute approximate surface area is 206 Å². The summed E-state index contributed by atoms with van der Waals surface area (Å²) < 4.78 is 22.3. The van der Waals surface area contributed by atoms with Crippen LogP contribution in [0.5, 0.6) is 17.4 Å². The largest absolute Gasteiger partial charge is 0.493 e. The minimum atomic E-state index is 0.473. The lowest BCUT2D eigenvalue weighted by Crippen LogP contribution is -2.36. The van der Waals surface area contributed by atoms with Crippen LogP contribution in [-0.2, 0) is 11.2 Å². The number of methoxy groups -OCH3 is 2. The third-order valence-electron chi connectivity index (χ3n) is 5.69. The van der Waals surface area contributed by atoms with Crippen molar-refractivity contribution in [3.05, 3.63) is 71.3 Å². The van der Waals surface area contributed by atoms with E-state index in [1.54, 1.807) is 20.4 Å². The average Bonchev–Trinajstić information content (AvgIpc) is 2.89. The van der Waals surface area contributed by atoms with Gasteiger partial charge in [-0.2, -0.15) is 10.1 Å². The van der Waals surface area contributed by atoms with E-state index in [1.807, 2.05) is 42.5 Å². The number of nitrogens with zero attached hydrogens (tertiary/aromatic N) is 3. The normalized spacial score (nSPS) is 13.6. The van der Waals surface area contributed by atoms with Crippen molar-refractivity contribution in [2.24, 2.45) is 5.10 Å². The summed E-state index contributed by atoms with van der Waals surface area (Å²) in [6.45, 7) is 5.57. The minimum absolute atomic E-state index is 0.473. The number of aryl methyl sites for hydroxylation is 1. The number of nitrogens with one attached hydrogen (secondary N) is 1. The van der Waals surface area contributed by atoms with E-state index in [2.05, 4.69) is 39.5 Å². The van der Waals surface area contributed by atoms with Crippen LogP contribution in [0.15, 0.2) is 59.7 Å².